The number of para-hydroxylation sites is 2. The van der Waals surface area contributed by atoms with E-state index >= 15 is 0 Å². The fourth-order valence-corrected chi connectivity index (χ4v) is 2.87. The molecule has 0 heterocycles. The van der Waals surface area contributed by atoms with E-state index in [0.29, 0.717) is 23.5 Å². The Labute approximate surface area is 158 Å². The number of amides is 2. The Kier molecular flexibility index (Phi) is 5.64. The molecule has 6 nitrogen and oxygen atoms in total. The third kappa shape index (κ3) is 4.78. The summed E-state index contributed by atoms with van der Waals surface area (Å²) < 4.78 is 10.8. The Morgan fingerprint density at radius 2 is 1.59 bits per heavy atom. The third-order valence-corrected chi connectivity index (χ3v) is 4.32. The molecule has 27 heavy (non-hydrogen) atoms. The average Bonchev–Trinajstić information content (AvgIpc) is 3.44. The summed E-state index contributed by atoms with van der Waals surface area (Å²) in [5, 5.41) is 5.69. The number of hydrogen-bond donors (Lipinski definition) is 2. The number of ether oxygens (including phenoxy) is 2. The van der Waals surface area contributed by atoms with Crippen LogP contribution in [0.3, 0.4) is 0 Å². The minimum absolute atomic E-state index is 0.0967. The van der Waals surface area contributed by atoms with Crippen molar-refractivity contribution in [3.05, 3.63) is 48.5 Å². The van der Waals surface area contributed by atoms with Gasteiger partial charge in [-0.05, 0) is 56.7 Å². The molecule has 0 radical (unpaired) electrons. The third-order valence-electron chi connectivity index (χ3n) is 4.32. The van der Waals surface area contributed by atoms with Crippen LogP contribution in [0, 0.1) is 11.8 Å². The van der Waals surface area contributed by atoms with Crippen LogP contribution in [0.2, 0.25) is 0 Å². The highest BCUT2D eigenvalue weighted by Gasteiger charge is 2.48. The fraction of sp³-hybridized carbons (Fsp3) is 0.333. The molecule has 2 aromatic rings. The molecule has 6 heteroatoms. The Morgan fingerprint density at radius 3 is 2.22 bits per heavy atom. The first-order valence-corrected chi connectivity index (χ1v) is 8.99. The zero-order chi connectivity index (χ0) is 19.4. The molecule has 0 saturated heterocycles. The molecule has 1 aliphatic rings. The smallest absolute Gasteiger partial charge is 0.228 e. The van der Waals surface area contributed by atoms with Gasteiger partial charge in [0.2, 0.25) is 11.8 Å². The van der Waals surface area contributed by atoms with Gasteiger partial charge < -0.3 is 20.1 Å². The molecule has 0 bridgehead atoms. The Bertz CT molecular complexity index is 817. The zero-order valence-corrected chi connectivity index (χ0v) is 15.7. The van der Waals surface area contributed by atoms with Gasteiger partial charge in [-0.1, -0.05) is 12.1 Å². The first kappa shape index (κ1) is 18.8. The van der Waals surface area contributed by atoms with Crippen molar-refractivity contribution in [1.29, 1.82) is 0 Å². The molecule has 1 aliphatic carbocycles. The normalized spacial score (nSPS) is 17.9. The number of rotatable bonds is 7. The topological polar surface area (TPSA) is 76.7 Å². The molecule has 1 saturated carbocycles. The van der Waals surface area contributed by atoms with Crippen molar-refractivity contribution in [2.24, 2.45) is 11.8 Å². The summed E-state index contributed by atoms with van der Waals surface area (Å²) in [6, 6.07) is 14.4. The van der Waals surface area contributed by atoms with Crippen molar-refractivity contribution in [1.82, 2.24) is 0 Å². The van der Waals surface area contributed by atoms with Crippen molar-refractivity contribution < 1.29 is 19.1 Å². The predicted molar refractivity (Wildman–Crippen MR) is 104 cm³/mol. The van der Waals surface area contributed by atoms with Gasteiger partial charge in [-0.15, -0.1) is 0 Å². The summed E-state index contributed by atoms with van der Waals surface area (Å²) in [5.41, 5.74) is 1.30. The second kappa shape index (κ2) is 8.12. The average molecular weight is 368 g/mol. The maximum Gasteiger partial charge on any atom is 0.228 e. The number of nitrogens with one attached hydrogen (secondary N) is 2. The van der Waals surface area contributed by atoms with E-state index in [0.717, 1.165) is 5.75 Å². The van der Waals surface area contributed by atoms with Crippen molar-refractivity contribution in [3.8, 4) is 11.5 Å². The van der Waals surface area contributed by atoms with Gasteiger partial charge in [0.05, 0.1) is 30.7 Å². The zero-order valence-electron chi connectivity index (χ0n) is 15.7. The summed E-state index contributed by atoms with van der Waals surface area (Å²) in [5.74, 6) is 0.400. The lowest BCUT2D eigenvalue weighted by molar-refractivity contribution is -0.122. The Morgan fingerprint density at radius 1 is 0.963 bits per heavy atom. The monoisotopic (exact) mass is 368 g/mol. The molecular formula is C21H24N2O4. The van der Waals surface area contributed by atoms with Gasteiger partial charge in [0, 0.05) is 5.69 Å². The van der Waals surface area contributed by atoms with E-state index in [9.17, 15) is 9.59 Å². The van der Waals surface area contributed by atoms with E-state index in [-0.39, 0.29) is 29.8 Å². The van der Waals surface area contributed by atoms with Crippen molar-refractivity contribution in [2.45, 2.75) is 26.4 Å². The minimum atomic E-state index is -0.321. The number of carbonyl (C=O) groups excluding carboxylic acids is 2. The maximum absolute atomic E-state index is 12.4. The minimum Gasteiger partial charge on any atom is -0.495 e. The maximum atomic E-state index is 12.4. The number of hydrogen-bond acceptors (Lipinski definition) is 4. The standard InChI is InChI=1S/C21H24N2O4/c1-13(2)27-15-10-8-14(9-11-15)22-20(24)16-12-17(16)21(25)23-18-6-4-5-7-19(18)26-3/h4-11,13,16-17H,12H2,1-3H3,(H,22,24)(H,23,25). The lowest BCUT2D eigenvalue weighted by atomic mass is 10.2. The highest BCUT2D eigenvalue weighted by molar-refractivity contribution is 6.03. The lowest BCUT2D eigenvalue weighted by Crippen LogP contribution is -2.20. The second-order valence-corrected chi connectivity index (χ2v) is 6.82. The van der Waals surface area contributed by atoms with Crippen molar-refractivity contribution >= 4 is 23.2 Å². The quantitative estimate of drug-likeness (QED) is 0.781. The molecule has 0 aromatic heterocycles. The molecule has 3 rings (SSSR count). The first-order chi connectivity index (χ1) is 13.0. The van der Waals surface area contributed by atoms with Crippen LogP contribution in [0.4, 0.5) is 11.4 Å². The molecule has 142 valence electrons. The number of benzene rings is 2. The highest BCUT2D eigenvalue weighted by Crippen LogP contribution is 2.41. The summed E-state index contributed by atoms with van der Waals surface area (Å²) in [7, 11) is 1.55. The van der Waals surface area contributed by atoms with E-state index < -0.39 is 0 Å². The van der Waals surface area contributed by atoms with E-state index in [1.807, 2.05) is 38.1 Å². The lowest BCUT2D eigenvalue weighted by Gasteiger charge is -2.11. The number of carbonyl (C=O) groups is 2. The molecule has 2 aromatic carbocycles. The van der Waals surface area contributed by atoms with Gasteiger partial charge in [-0.25, -0.2) is 0 Å². The molecule has 1 fully saturated rings. The summed E-state index contributed by atoms with van der Waals surface area (Å²) in [6.07, 6.45) is 0.640. The SMILES string of the molecule is COc1ccccc1NC(=O)C1CC1C(=O)Nc1ccc(OC(C)C)cc1. The number of methoxy groups -OCH3 is 1. The molecule has 0 aliphatic heterocycles. The van der Waals surface area contributed by atoms with Crippen LogP contribution in [0.15, 0.2) is 48.5 Å². The summed E-state index contributed by atoms with van der Waals surface area (Å²) in [4.78, 5) is 24.8. The van der Waals surface area contributed by atoms with E-state index in [2.05, 4.69) is 10.6 Å². The summed E-state index contributed by atoms with van der Waals surface area (Å²) >= 11 is 0. The van der Waals surface area contributed by atoms with Gasteiger partial charge >= 0.3 is 0 Å². The molecular weight excluding hydrogens is 344 g/mol. The molecule has 2 N–H and O–H groups in total. The van der Waals surface area contributed by atoms with Crippen molar-refractivity contribution in [2.75, 3.05) is 17.7 Å². The first-order valence-electron chi connectivity index (χ1n) is 8.99. The van der Waals surface area contributed by atoms with E-state index in [1.54, 1.807) is 31.4 Å². The molecule has 2 amide bonds. The van der Waals surface area contributed by atoms with Gasteiger partial charge in [0.15, 0.2) is 0 Å². The van der Waals surface area contributed by atoms with Crippen LogP contribution < -0.4 is 20.1 Å². The van der Waals surface area contributed by atoms with Crippen LogP contribution in [-0.2, 0) is 9.59 Å². The van der Waals surface area contributed by atoms with Gasteiger partial charge in [0.1, 0.15) is 11.5 Å². The van der Waals surface area contributed by atoms with Crippen LogP contribution in [0.5, 0.6) is 11.5 Å². The van der Waals surface area contributed by atoms with Crippen LogP contribution >= 0.6 is 0 Å². The van der Waals surface area contributed by atoms with Gasteiger partial charge in [0.25, 0.3) is 0 Å². The second-order valence-electron chi connectivity index (χ2n) is 6.82. The molecule has 0 spiro atoms. The molecule has 2 unspecified atom stereocenters. The molecule has 2 atom stereocenters. The Hall–Kier alpha value is -3.02. The van der Waals surface area contributed by atoms with Crippen LogP contribution in [0.25, 0.3) is 0 Å². The van der Waals surface area contributed by atoms with Crippen LogP contribution in [0.1, 0.15) is 20.3 Å². The fourth-order valence-electron chi connectivity index (χ4n) is 2.87. The van der Waals surface area contributed by atoms with Crippen LogP contribution in [-0.4, -0.2) is 25.0 Å². The highest BCUT2D eigenvalue weighted by atomic mass is 16.5. The largest absolute Gasteiger partial charge is 0.495 e. The van der Waals surface area contributed by atoms with E-state index in [1.165, 1.54) is 0 Å². The van der Waals surface area contributed by atoms with E-state index in [4.69, 9.17) is 9.47 Å². The number of anilines is 2. The van der Waals surface area contributed by atoms with Gasteiger partial charge in [-0.3, -0.25) is 9.59 Å². The van der Waals surface area contributed by atoms with Crippen molar-refractivity contribution in [3.63, 3.8) is 0 Å². The van der Waals surface area contributed by atoms with Gasteiger partial charge in [-0.2, -0.15) is 0 Å². The Balaban J connectivity index is 1.53. The summed E-state index contributed by atoms with van der Waals surface area (Å²) in [6.45, 7) is 3.91. The predicted octanol–water partition coefficient (Wildman–Crippen LogP) is 3.70.